The topological polar surface area (TPSA) is 88.3 Å². The first kappa shape index (κ1) is 10.8. The SMILES string of the molecule is N#Cc1ccc2[nH]cc(C=CCN=[N+]=[N-])c2c1. The second-order valence-corrected chi connectivity index (χ2v) is 3.43. The standard InChI is InChI=1S/C12H9N5/c13-7-9-3-4-12-11(6-9)10(8-15-12)2-1-5-16-17-14/h1-4,6,8,15H,5H2. The summed E-state index contributed by atoms with van der Waals surface area (Å²) in [6.45, 7) is 0.321. The Morgan fingerprint density at radius 1 is 1.53 bits per heavy atom. The Morgan fingerprint density at radius 2 is 2.41 bits per heavy atom. The quantitative estimate of drug-likeness (QED) is 0.482. The van der Waals surface area contributed by atoms with Crippen LogP contribution in [0.25, 0.3) is 27.4 Å². The van der Waals surface area contributed by atoms with Crippen LogP contribution in [0.1, 0.15) is 11.1 Å². The molecule has 0 atom stereocenters. The van der Waals surface area contributed by atoms with E-state index in [1.165, 1.54) is 0 Å². The van der Waals surface area contributed by atoms with Crippen molar-refractivity contribution < 1.29 is 0 Å². The van der Waals surface area contributed by atoms with E-state index in [-0.39, 0.29) is 0 Å². The monoisotopic (exact) mass is 223 g/mol. The van der Waals surface area contributed by atoms with Crippen LogP contribution in [0.4, 0.5) is 0 Å². The molecule has 1 N–H and O–H groups in total. The molecule has 0 bridgehead atoms. The molecule has 82 valence electrons. The summed E-state index contributed by atoms with van der Waals surface area (Å²) < 4.78 is 0. The summed E-state index contributed by atoms with van der Waals surface area (Å²) in [5.74, 6) is 0. The van der Waals surface area contributed by atoms with Crippen LogP contribution >= 0.6 is 0 Å². The number of benzene rings is 1. The number of H-pyrrole nitrogens is 1. The number of nitriles is 1. The molecular weight excluding hydrogens is 214 g/mol. The van der Waals surface area contributed by atoms with E-state index in [0.29, 0.717) is 12.1 Å². The van der Waals surface area contributed by atoms with Gasteiger partial charge in [-0.15, -0.1) is 0 Å². The highest BCUT2D eigenvalue weighted by Crippen LogP contribution is 2.20. The van der Waals surface area contributed by atoms with Crippen molar-refractivity contribution >= 4 is 17.0 Å². The lowest BCUT2D eigenvalue weighted by Crippen LogP contribution is -1.75. The van der Waals surface area contributed by atoms with Gasteiger partial charge >= 0.3 is 0 Å². The molecule has 0 aliphatic heterocycles. The maximum Gasteiger partial charge on any atom is 0.0991 e. The zero-order chi connectivity index (χ0) is 12.1. The van der Waals surface area contributed by atoms with E-state index >= 15 is 0 Å². The first-order chi connectivity index (χ1) is 8.35. The molecule has 0 amide bonds. The summed E-state index contributed by atoms with van der Waals surface area (Å²) in [5.41, 5.74) is 10.7. The summed E-state index contributed by atoms with van der Waals surface area (Å²) in [4.78, 5) is 5.78. The lowest BCUT2D eigenvalue weighted by molar-refractivity contribution is 1.22. The van der Waals surface area contributed by atoms with E-state index in [0.717, 1.165) is 16.5 Å². The first-order valence-corrected chi connectivity index (χ1v) is 5.04. The molecule has 2 rings (SSSR count). The Kier molecular flexibility index (Phi) is 3.10. The predicted octanol–water partition coefficient (Wildman–Crippen LogP) is 3.36. The molecule has 0 fully saturated rings. The third-order valence-electron chi connectivity index (χ3n) is 2.39. The van der Waals surface area contributed by atoms with Gasteiger partial charge in [-0.05, 0) is 29.3 Å². The van der Waals surface area contributed by atoms with E-state index in [1.54, 1.807) is 12.1 Å². The Balaban J connectivity index is 2.38. The van der Waals surface area contributed by atoms with E-state index in [1.807, 2.05) is 24.4 Å². The molecule has 0 radical (unpaired) electrons. The molecule has 1 aromatic carbocycles. The Hall–Kier alpha value is -2.70. The zero-order valence-electron chi connectivity index (χ0n) is 8.96. The number of rotatable bonds is 3. The number of hydrogen-bond acceptors (Lipinski definition) is 2. The fraction of sp³-hybridized carbons (Fsp3) is 0.0833. The Bertz CT molecular complexity index is 653. The van der Waals surface area contributed by atoms with Crippen LogP contribution in [-0.2, 0) is 0 Å². The molecule has 0 unspecified atom stereocenters. The third kappa shape index (κ3) is 2.28. The van der Waals surface area contributed by atoms with Crippen molar-refractivity contribution in [1.82, 2.24) is 4.98 Å². The largest absolute Gasteiger partial charge is 0.361 e. The van der Waals surface area contributed by atoms with Gasteiger partial charge in [0.1, 0.15) is 0 Å². The number of aromatic nitrogens is 1. The normalized spacial score (nSPS) is 10.3. The number of aromatic amines is 1. The van der Waals surface area contributed by atoms with Gasteiger partial charge in [0.15, 0.2) is 0 Å². The van der Waals surface area contributed by atoms with Crippen LogP contribution in [0.2, 0.25) is 0 Å². The molecule has 17 heavy (non-hydrogen) atoms. The molecular formula is C12H9N5. The van der Waals surface area contributed by atoms with Crippen LogP contribution in [0.15, 0.2) is 35.6 Å². The summed E-state index contributed by atoms with van der Waals surface area (Å²) in [7, 11) is 0. The lowest BCUT2D eigenvalue weighted by atomic mass is 10.1. The Labute approximate surface area is 97.6 Å². The van der Waals surface area contributed by atoms with Gasteiger partial charge in [-0.2, -0.15) is 5.26 Å². The van der Waals surface area contributed by atoms with Crippen molar-refractivity contribution in [1.29, 1.82) is 5.26 Å². The van der Waals surface area contributed by atoms with Gasteiger partial charge in [-0.1, -0.05) is 17.3 Å². The molecule has 2 aromatic rings. The predicted molar refractivity (Wildman–Crippen MR) is 66.1 cm³/mol. The van der Waals surface area contributed by atoms with Gasteiger partial charge < -0.3 is 4.98 Å². The van der Waals surface area contributed by atoms with Gasteiger partial charge in [0.25, 0.3) is 0 Å². The highest BCUT2D eigenvalue weighted by Gasteiger charge is 2.01. The average Bonchev–Trinajstić information content (AvgIpc) is 2.77. The molecule has 5 heteroatoms. The van der Waals surface area contributed by atoms with Crippen molar-refractivity contribution in [2.45, 2.75) is 0 Å². The molecule has 0 saturated heterocycles. The number of nitrogens with one attached hydrogen (secondary N) is 1. The molecule has 1 heterocycles. The maximum atomic E-state index is 8.84. The van der Waals surface area contributed by atoms with Crippen LogP contribution in [0.3, 0.4) is 0 Å². The minimum atomic E-state index is 0.321. The van der Waals surface area contributed by atoms with Crippen LogP contribution in [0.5, 0.6) is 0 Å². The fourth-order valence-electron chi connectivity index (χ4n) is 1.61. The lowest BCUT2D eigenvalue weighted by Gasteiger charge is -1.92. The maximum absolute atomic E-state index is 8.84. The van der Waals surface area contributed by atoms with Gasteiger partial charge in [-0.25, -0.2) is 0 Å². The average molecular weight is 223 g/mol. The summed E-state index contributed by atoms with van der Waals surface area (Å²) >= 11 is 0. The number of azide groups is 1. The van der Waals surface area contributed by atoms with Crippen molar-refractivity contribution in [3.05, 3.63) is 52.0 Å². The first-order valence-electron chi connectivity index (χ1n) is 5.04. The smallest absolute Gasteiger partial charge is 0.0991 e. The zero-order valence-corrected chi connectivity index (χ0v) is 8.96. The molecule has 0 spiro atoms. The summed E-state index contributed by atoms with van der Waals surface area (Å²) in [6, 6.07) is 7.58. The van der Waals surface area contributed by atoms with E-state index < -0.39 is 0 Å². The minimum absolute atomic E-state index is 0.321. The van der Waals surface area contributed by atoms with E-state index in [4.69, 9.17) is 10.8 Å². The summed E-state index contributed by atoms with van der Waals surface area (Å²) in [6.07, 6.45) is 5.51. The van der Waals surface area contributed by atoms with Crippen molar-refractivity contribution in [2.24, 2.45) is 5.11 Å². The van der Waals surface area contributed by atoms with Crippen LogP contribution in [-0.4, -0.2) is 11.5 Å². The van der Waals surface area contributed by atoms with Gasteiger partial charge in [0.05, 0.1) is 11.6 Å². The second-order valence-electron chi connectivity index (χ2n) is 3.43. The van der Waals surface area contributed by atoms with Gasteiger partial charge in [-0.3, -0.25) is 0 Å². The second kappa shape index (κ2) is 4.88. The van der Waals surface area contributed by atoms with Gasteiger partial charge in [0.2, 0.25) is 0 Å². The Morgan fingerprint density at radius 3 is 3.18 bits per heavy atom. The van der Waals surface area contributed by atoms with Gasteiger partial charge in [0, 0.05) is 28.6 Å². The summed E-state index contributed by atoms with van der Waals surface area (Å²) in [5, 5.41) is 13.2. The van der Waals surface area contributed by atoms with Crippen LogP contribution < -0.4 is 0 Å². The minimum Gasteiger partial charge on any atom is -0.361 e. The molecule has 0 saturated carbocycles. The van der Waals surface area contributed by atoms with Crippen molar-refractivity contribution in [2.75, 3.05) is 6.54 Å². The highest BCUT2D eigenvalue weighted by atomic mass is 15.1. The number of nitrogens with zero attached hydrogens (tertiary/aromatic N) is 4. The molecule has 0 aliphatic carbocycles. The molecule has 5 nitrogen and oxygen atoms in total. The molecule has 1 aromatic heterocycles. The van der Waals surface area contributed by atoms with Crippen molar-refractivity contribution in [3.63, 3.8) is 0 Å². The fourth-order valence-corrected chi connectivity index (χ4v) is 1.61. The van der Waals surface area contributed by atoms with Crippen LogP contribution in [0, 0.1) is 11.3 Å². The third-order valence-corrected chi connectivity index (χ3v) is 2.39. The number of fused-ring (bicyclic) bond motifs is 1. The van der Waals surface area contributed by atoms with Crippen molar-refractivity contribution in [3.8, 4) is 6.07 Å². The highest BCUT2D eigenvalue weighted by molar-refractivity contribution is 5.89. The number of hydrogen-bond donors (Lipinski definition) is 1. The molecule has 0 aliphatic rings. The van der Waals surface area contributed by atoms with E-state index in [2.05, 4.69) is 21.1 Å². The van der Waals surface area contributed by atoms with E-state index in [9.17, 15) is 0 Å².